The molecule has 1 aliphatic rings. The van der Waals surface area contributed by atoms with Gasteiger partial charge < -0.3 is 15.1 Å². The van der Waals surface area contributed by atoms with Crippen molar-refractivity contribution in [2.24, 2.45) is 4.99 Å². The van der Waals surface area contributed by atoms with Gasteiger partial charge in [0.25, 0.3) is 0 Å². The van der Waals surface area contributed by atoms with Gasteiger partial charge in [0.05, 0.1) is 10.6 Å². The number of nitrogens with one attached hydrogen (secondary N) is 1. The fourth-order valence-corrected chi connectivity index (χ4v) is 4.67. The Morgan fingerprint density at radius 2 is 1.68 bits per heavy atom. The second kappa shape index (κ2) is 11.6. The highest BCUT2D eigenvalue weighted by Gasteiger charge is 2.25. The van der Waals surface area contributed by atoms with E-state index in [1.54, 1.807) is 37.3 Å². The molecule has 2 rings (SSSR count). The molecule has 1 aromatic rings. The van der Waals surface area contributed by atoms with Crippen molar-refractivity contribution in [2.45, 2.75) is 38.1 Å². The topological polar surface area (TPSA) is 82.1 Å². The number of sulfone groups is 1. The van der Waals surface area contributed by atoms with Crippen LogP contribution in [0.4, 0.5) is 0 Å². The number of guanidine groups is 1. The number of piperazine rings is 1. The summed E-state index contributed by atoms with van der Waals surface area (Å²) in [6, 6.07) is 8.31. The molecule has 1 atom stereocenters. The molecule has 9 heteroatoms. The van der Waals surface area contributed by atoms with Gasteiger partial charge in [-0.05, 0) is 25.5 Å². The Morgan fingerprint density at radius 1 is 1.11 bits per heavy atom. The van der Waals surface area contributed by atoms with Gasteiger partial charge in [0.15, 0.2) is 15.8 Å². The molecular formula is C19H31IN4O3S. The molecule has 158 valence electrons. The molecule has 0 spiro atoms. The van der Waals surface area contributed by atoms with Crippen molar-refractivity contribution in [2.75, 3.05) is 38.5 Å². The maximum Gasteiger partial charge on any atom is 0.219 e. The maximum atomic E-state index is 12.7. The highest BCUT2D eigenvalue weighted by molar-refractivity contribution is 14.0. The van der Waals surface area contributed by atoms with E-state index >= 15 is 0 Å². The summed E-state index contributed by atoms with van der Waals surface area (Å²) in [7, 11) is -3.37. The lowest BCUT2D eigenvalue weighted by Gasteiger charge is -2.37. The second-order valence-electron chi connectivity index (χ2n) is 6.64. The molecule has 1 aliphatic heterocycles. The van der Waals surface area contributed by atoms with Crippen LogP contribution in [0.15, 0.2) is 40.2 Å². The van der Waals surface area contributed by atoms with E-state index in [1.807, 2.05) is 18.7 Å². The van der Waals surface area contributed by atoms with Crippen molar-refractivity contribution in [3.05, 3.63) is 30.3 Å². The van der Waals surface area contributed by atoms with Gasteiger partial charge in [-0.25, -0.2) is 8.42 Å². The van der Waals surface area contributed by atoms with E-state index in [1.165, 1.54) is 0 Å². The summed E-state index contributed by atoms with van der Waals surface area (Å²) in [6.07, 6.45) is 0.669. The zero-order valence-corrected chi connectivity index (χ0v) is 19.9. The van der Waals surface area contributed by atoms with Gasteiger partial charge in [0.2, 0.25) is 5.91 Å². The third-order valence-corrected chi connectivity index (χ3v) is 6.51. The van der Waals surface area contributed by atoms with Gasteiger partial charge in [-0.3, -0.25) is 9.79 Å². The molecule has 1 heterocycles. The lowest BCUT2D eigenvalue weighted by Crippen LogP contribution is -2.55. The smallest absolute Gasteiger partial charge is 0.219 e. The van der Waals surface area contributed by atoms with Crippen molar-refractivity contribution in [3.8, 4) is 0 Å². The van der Waals surface area contributed by atoms with Crippen LogP contribution in [-0.2, 0) is 14.6 Å². The normalized spacial score (nSPS) is 16.3. The highest BCUT2D eigenvalue weighted by Crippen LogP contribution is 2.13. The minimum absolute atomic E-state index is 0. The predicted molar refractivity (Wildman–Crippen MR) is 123 cm³/mol. The number of hydrogen-bond acceptors (Lipinski definition) is 4. The minimum Gasteiger partial charge on any atom is -0.352 e. The largest absolute Gasteiger partial charge is 0.352 e. The van der Waals surface area contributed by atoms with Crippen LogP contribution in [-0.4, -0.2) is 74.6 Å². The molecule has 1 unspecified atom stereocenters. The summed E-state index contributed by atoms with van der Waals surface area (Å²) in [6.45, 7) is 8.79. The average molecular weight is 522 g/mol. The summed E-state index contributed by atoms with van der Waals surface area (Å²) < 4.78 is 25.4. The first-order valence-electron chi connectivity index (χ1n) is 9.46. The van der Waals surface area contributed by atoms with Crippen LogP contribution < -0.4 is 5.32 Å². The van der Waals surface area contributed by atoms with Crippen LogP contribution in [0.5, 0.6) is 0 Å². The van der Waals surface area contributed by atoms with Crippen LogP contribution in [0.2, 0.25) is 0 Å². The molecular weight excluding hydrogens is 491 g/mol. The van der Waals surface area contributed by atoms with Crippen LogP contribution in [0.3, 0.4) is 0 Å². The van der Waals surface area contributed by atoms with Crippen molar-refractivity contribution < 1.29 is 13.2 Å². The Morgan fingerprint density at radius 3 is 2.18 bits per heavy atom. The lowest BCUT2D eigenvalue weighted by molar-refractivity contribution is -0.130. The van der Waals surface area contributed by atoms with E-state index < -0.39 is 9.84 Å². The summed E-state index contributed by atoms with van der Waals surface area (Å²) in [5.41, 5.74) is 0. The molecule has 28 heavy (non-hydrogen) atoms. The van der Waals surface area contributed by atoms with E-state index in [9.17, 15) is 13.2 Å². The van der Waals surface area contributed by atoms with Crippen LogP contribution >= 0.6 is 24.0 Å². The van der Waals surface area contributed by atoms with E-state index in [-0.39, 0.29) is 41.7 Å². The number of carbonyl (C=O) groups is 1. The third-order valence-electron chi connectivity index (χ3n) is 4.68. The Bertz CT molecular complexity index is 748. The average Bonchev–Trinajstić information content (AvgIpc) is 2.67. The number of hydrogen-bond donors (Lipinski definition) is 1. The first-order valence-corrected chi connectivity index (χ1v) is 11.1. The van der Waals surface area contributed by atoms with Gasteiger partial charge in [-0.2, -0.15) is 0 Å². The molecule has 0 saturated carbocycles. The Labute approximate surface area is 185 Å². The maximum absolute atomic E-state index is 12.7. The monoisotopic (exact) mass is 522 g/mol. The molecule has 0 bridgehead atoms. The fourth-order valence-electron chi connectivity index (χ4n) is 3.05. The Balaban J connectivity index is 0.00000392. The van der Waals surface area contributed by atoms with E-state index in [2.05, 4.69) is 15.2 Å². The predicted octanol–water partition coefficient (Wildman–Crippen LogP) is 1.99. The van der Waals surface area contributed by atoms with Gasteiger partial charge in [-0.1, -0.05) is 25.1 Å². The van der Waals surface area contributed by atoms with Crippen LogP contribution in [0, 0.1) is 0 Å². The molecule has 1 saturated heterocycles. The van der Waals surface area contributed by atoms with Gasteiger partial charge in [0, 0.05) is 45.7 Å². The third kappa shape index (κ3) is 6.91. The van der Waals surface area contributed by atoms with Crippen molar-refractivity contribution in [1.82, 2.24) is 15.1 Å². The number of halogens is 1. The number of rotatable bonds is 6. The second-order valence-corrected chi connectivity index (χ2v) is 8.67. The highest BCUT2D eigenvalue weighted by atomic mass is 127. The van der Waals surface area contributed by atoms with E-state index in [4.69, 9.17) is 0 Å². The van der Waals surface area contributed by atoms with Crippen molar-refractivity contribution in [1.29, 1.82) is 0 Å². The molecule has 1 amide bonds. The van der Waals surface area contributed by atoms with E-state index in [0.29, 0.717) is 44.0 Å². The summed E-state index contributed by atoms with van der Waals surface area (Å²) in [5.74, 6) is 0.816. The lowest BCUT2D eigenvalue weighted by atomic mass is 10.2. The molecule has 0 aliphatic carbocycles. The summed E-state index contributed by atoms with van der Waals surface area (Å²) in [5, 5.41) is 3.34. The Hall–Kier alpha value is -1.36. The van der Waals surface area contributed by atoms with E-state index in [0.717, 1.165) is 5.96 Å². The summed E-state index contributed by atoms with van der Waals surface area (Å²) in [4.78, 5) is 20.3. The number of carbonyl (C=O) groups excluding carboxylic acids is 1. The molecule has 1 fully saturated rings. The fraction of sp³-hybridized carbons (Fsp3) is 0.579. The van der Waals surface area contributed by atoms with Crippen molar-refractivity contribution >= 4 is 45.7 Å². The van der Waals surface area contributed by atoms with Gasteiger partial charge in [0.1, 0.15) is 0 Å². The standard InChI is InChI=1S/C19H30N4O3S.HI/c1-4-17(15-27(25,26)18-9-7-6-8-10-18)21-19(20-5-2)23-13-11-22(12-14-23)16(3)24;/h6-10,17H,4-5,11-15H2,1-3H3,(H,20,21);1H. The number of benzene rings is 1. The molecule has 1 N–H and O–H groups in total. The summed E-state index contributed by atoms with van der Waals surface area (Å²) >= 11 is 0. The first kappa shape index (κ1) is 24.7. The first-order chi connectivity index (χ1) is 12.9. The quantitative estimate of drug-likeness (QED) is 0.351. The number of amides is 1. The zero-order valence-electron chi connectivity index (χ0n) is 16.8. The Kier molecular flexibility index (Phi) is 10.2. The zero-order chi connectivity index (χ0) is 19.9. The van der Waals surface area contributed by atoms with Gasteiger partial charge in [-0.15, -0.1) is 24.0 Å². The number of aliphatic imine (C=N–C) groups is 1. The SMILES string of the molecule is CCN=C(NC(CC)CS(=O)(=O)c1ccccc1)N1CCN(C(C)=O)CC1.I. The molecule has 7 nitrogen and oxygen atoms in total. The van der Waals surface area contributed by atoms with Crippen molar-refractivity contribution in [3.63, 3.8) is 0 Å². The molecule has 1 aromatic carbocycles. The van der Waals surface area contributed by atoms with Gasteiger partial charge >= 0.3 is 0 Å². The number of nitrogens with zero attached hydrogens (tertiary/aromatic N) is 3. The molecule has 0 aromatic heterocycles. The van der Waals surface area contributed by atoms with Crippen LogP contribution in [0.25, 0.3) is 0 Å². The van der Waals surface area contributed by atoms with Crippen LogP contribution in [0.1, 0.15) is 27.2 Å². The minimum atomic E-state index is -3.37. The molecule has 0 radical (unpaired) electrons.